The second kappa shape index (κ2) is 34.0. The van der Waals surface area contributed by atoms with Crippen molar-refractivity contribution < 1.29 is 0 Å². The van der Waals surface area contributed by atoms with Crippen molar-refractivity contribution in [3.05, 3.63) is 6.92 Å². The summed E-state index contributed by atoms with van der Waals surface area (Å²) in [6, 6.07) is 0. The molecule has 0 saturated carbocycles. The van der Waals surface area contributed by atoms with Crippen LogP contribution >= 0.6 is 0 Å². The molecular formula is C37H75. The van der Waals surface area contributed by atoms with Gasteiger partial charge in [0.25, 0.3) is 0 Å². The van der Waals surface area contributed by atoms with Crippen molar-refractivity contribution in [3.63, 3.8) is 0 Å². The molecule has 0 heterocycles. The van der Waals surface area contributed by atoms with Crippen LogP contribution in [0.1, 0.15) is 226 Å². The summed E-state index contributed by atoms with van der Waals surface area (Å²) in [5.74, 6) is 0.969. The summed E-state index contributed by atoms with van der Waals surface area (Å²) in [6.07, 6.45) is 48.1. The van der Waals surface area contributed by atoms with Gasteiger partial charge in [0, 0.05) is 0 Å². The Morgan fingerprint density at radius 1 is 0.297 bits per heavy atom. The van der Waals surface area contributed by atoms with E-state index in [9.17, 15) is 0 Å². The molecule has 0 spiro atoms. The molecule has 0 rings (SSSR count). The zero-order chi connectivity index (χ0) is 26.9. The summed E-state index contributed by atoms with van der Waals surface area (Å²) in [6.45, 7) is 8.78. The molecule has 0 aromatic heterocycles. The van der Waals surface area contributed by atoms with Crippen molar-refractivity contribution in [1.82, 2.24) is 0 Å². The molecule has 0 saturated heterocycles. The van der Waals surface area contributed by atoms with Crippen LogP contribution < -0.4 is 0 Å². The molecule has 223 valence electrons. The predicted octanol–water partition coefficient (Wildman–Crippen LogP) is 14.3. The number of hydrogen-bond acceptors (Lipinski definition) is 0. The second-order valence-corrected chi connectivity index (χ2v) is 12.6. The van der Waals surface area contributed by atoms with Gasteiger partial charge in [-0.15, -0.1) is 0 Å². The Kier molecular flexibility index (Phi) is 34.0. The lowest BCUT2D eigenvalue weighted by Gasteiger charge is -2.16. The highest BCUT2D eigenvalue weighted by molar-refractivity contribution is 4.62. The molecule has 37 heavy (non-hydrogen) atoms. The van der Waals surface area contributed by atoms with Gasteiger partial charge >= 0.3 is 0 Å². The van der Waals surface area contributed by atoms with Crippen LogP contribution in [0.3, 0.4) is 0 Å². The molecule has 0 heteroatoms. The van der Waals surface area contributed by atoms with E-state index in [1.54, 1.807) is 0 Å². The first-order chi connectivity index (χ1) is 18.3. The van der Waals surface area contributed by atoms with Gasteiger partial charge in [0.1, 0.15) is 0 Å². The van der Waals surface area contributed by atoms with E-state index in [1.807, 2.05) is 0 Å². The second-order valence-electron chi connectivity index (χ2n) is 12.6. The molecule has 0 aromatic carbocycles. The highest BCUT2D eigenvalue weighted by atomic mass is 14.1. The molecule has 0 bridgehead atoms. The molecule has 0 aliphatic rings. The summed E-state index contributed by atoms with van der Waals surface area (Å²) in [5.41, 5.74) is 0. The van der Waals surface area contributed by atoms with Crippen molar-refractivity contribution in [2.24, 2.45) is 5.92 Å². The molecule has 0 nitrogen and oxygen atoms in total. The number of unbranched alkanes of at least 4 members (excludes halogenated alkanes) is 27. The van der Waals surface area contributed by atoms with Gasteiger partial charge in [-0.3, -0.25) is 0 Å². The maximum Gasteiger partial charge on any atom is -0.0414 e. The SMILES string of the molecule is [CH2]CCC(CCCCCCCCCCCCCCCC)CCCCCCCCCCCCCCCCC. The summed E-state index contributed by atoms with van der Waals surface area (Å²) in [7, 11) is 0. The zero-order valence-electron chi connectivity index (χ0n) is 26.6. The van der Waals surface area contributed by atoms with E-state index in [0.29, 0.717) is 0 Å². The third-order valence-corrected chi connectivity index (χ3v) is 8.79. The van der Waals surface area contributed by atoms with Crippen molar-refractivity contribution in [1.29, 1.82) is 0 Å². The van der Waals surface area contributed by atoms with E-state index < -0.39 is 0 Å². The average Bonchev–Trinajstić information content (AvgIpc) is 2.91. The normalized spacial score (nSPS) is 12.4. The van der Waals surface area contributed by atoms with Crippen LogP contribution in [0.25, 0.3) is 0 Å². The van der Waals surface area contributed by atoms with E-state index in [-0.39, 0.29) is 0 Å². The fourth-order valence-corrected chi connectivity index (χ4v) is 6.15. The van der Waals surface area contributed by atoms with E-state index in [4.69, 9.17) is 0 Å². The minimum atomic E-state index is 0.969. The summed E-state index contributed by atoms with van der Waals surface area (Å²) in [4.78, 5) is 0. The predicted molar refractivity (Wildman–Crippen MR) is 173 cm³/mol. The number of hydrogen-bond donors (Lipinski definition) is 0. The van der Waals surface area contributed by atoms with Crippen LogP contribution in [0.5, 0.6) is 0 Å². The summed E-state index contributed by atoms with van der Waals surface area (Å²) in [5, 5.41) is 0. The van der Waals surface area contributed by atoms with Gasteiger partial charge in [-0.25, -0.2) is 0 Å². The van der Waals surface area contributed by atoms with Crippen LogP contribution in [0.2, 0.25) is 0 Å². The van der Waals surface area contributed by atoms with Crippen LogP contribution in [-0.2, 0) is 0 Å². The Morgan fingerprint density at radius 3 is 0.730 bits per heavy atom. The van der Waals surface area contributed by atoms with Crippen molar-refractivity contribution in [2.75, 3.05) is 0 Å². The molecule has 0 N–H and O–H groups in total. The highest BCUT2D eigenvalue weighted by Crippen LogP contribution is 2.23. The van der Waals surface area contributed by atoms with E-state index in [2.05, 4.69) is 20.8 Å². The van der Waals surface area contributed by atoms with Crippen LogP contribution in [0.4, 0.5) is 0 Å². The molecule has 0 amide bonds. The molecule has 1 radical (unpaired) electrons. The van der Waals surface area contributed by atoms with Gasteiger partial charge in [0.15, 0.2) is 0 Å². The van der Waals surface area contributed by atoms with Crippen molar-refractivity contribution in [2.45, 2.75) is 226 Å². The molecule has 0 aromatic rings. The van der Waals surface area contributed by atoms with Crippen molar-refractivity contribution >= 4 is 0 Å². The molecule has 0 fully saturated rings. The zero-order valence-corrected chi connectivity index (χ0v) is 26.6. The Morgan fingerprint density at radius 2 is 0.514 bits per heavy atom. The topological polar surface area (TPSA) is 0 Å². The van der Waals surface area contributed by atoms with Crippen LogP contribution in [-0.4, -0.2) is 0 Å². The monoisotopic (exact) mass is 520 g/mol. The highest BCUT2D eigenvalue weighted by Gasteiger charge is 2.07. The van der Waals surface area contributed by atoms with Gasteiger partial charge in [0.05, 0.1) is 0 Å². The molecule has 0 aliphatic carbocycles. The molecular weight excluding hydrogens is 444 g/mol. The lowest BCUT2D eigenvalue weighted by molar-refractivity contribution is 0.381. The smallest absolute Gasteiger partial charge is 0.0414 e. The first kappa shape index (κ1) is 37.0. The maximum absolute atomic E-state index is 4.16. The minimum Gasteiger partial charge on any atom is -0.0654 e. The quantitative estimate of drug-likeness (QED) is 0.0756. The third kappa shape index (κ3) is 32.1. The number of rotatable bonds is 33. The van der Waals surface area contributed by atoms with Gasteiger partial charge < -0.3 is 0 Å². The molecule has 1 atom stereocenters. The van der Waals surface area contributed by atoms with Gasteiger partial charge in [-0.2, -0.15) is 0 Å². The first-order valence-corrected chi connectivity index (χ1v) is 18.1. The third-order valence-electron chi connectivity index (χ3n) is 8.79. The van der Waals surface area contributed by atoms with Crippen LogP contribution in [0.15, 0.2) is 0 Å². The average molecular weight is 520 g/mol. The maximum atomic E-state index is 4.16. The summed E-state index contributed by atoms with van der Waals surface area (Å²) >= 11 is 0. The summed E-state index contributed by atoms with van der Waals surface area (Å²) < 4.78 is 0. The Labute approximate surface area is 238 Å². The lowest BCUT2D eigenvalue weighted by Crippen LogP contribution is -2.00. The fourth-order valence-electron chi connectivity index (χ4n) is 6.15. The fraction of sp³-hybridized carbons (Fsp3) is 0.973. The van der Waals surface area contributed by atoms with Crippen LogP contribution in [0, 0.1) is 12.8 Å². The Hall–Kier alpha value is 0. The largest absolute Gasteiger partial charge is 0.0654 e. The van der Waals surface area contributed by atoms with E-state index in [1.165, 1.54) is 205 Å². The Balaban J connectivity index is 3.36. The van der Waals surface area contributed by atoms with Gasteiger partial charge in [0.2, 0.25) is 0 Å². The van der Waals surface area contributed by atoms with Gasteiger partial charge in [-0.1, -0.05) is 233 Å². The standard InChI is InChI=1S/C37H75/c1-4-7-9-11-13-15-17-19-21-23-25-27-29-31-33-36-37(34-6-3)35-32-30-28-26-24-22-20-18-16-14-12-10-8-5-2/h37H,3-36H2,1-2H3. The van der Waals surface area contributed by atoms with Crippen molar-refractivity contribution in [3.8, 4) is 0 Å². The molecule has 1 unspecified atom stereocenters. The minimum absolute atomic E-state index is 0.969. The Bertz CT molecular complexity index is 372. The van der Waals surface area contributed by atoms with E-state index in [0.717, 1.165) is 12.3 Å². The lowest BCUT2D eigenvalue weighted by atomic mass is 9.90. The van der Waals surface area contributed by atoms with E-state index >= 15 is 0 Å². The van der Waals surface area contributed by atoms with Gasteiger partial charge in [-0.05, 0) is 5.92 Å². The first-order valence-electron chi connectivity index (χ1n) is 18.1. The molecule has 0 aliphatic heterocycles.